The van der Waals surface area contributed by atoms with Crippen molar-refractivity contribution in [2.24, 2.45) is 0 Å². The molecule has 0 fully saturated rings. The number of amides is 1. The Kier molecular flexibility index (Phi) is 6.82. The monoisotopic (exact) mass is 327 g/mol. The van der Waals surface area contributed by atoms with Crippen molar-refractivity contribution >= 4 is 5.91 Å². The molecule has 0 bridgehead atoms. The van der Waals surface area contributed by atoms with Gasteiger partial charge in [-0.05, 0) is 35.6 Å². The van der Waals surface area contributed by atoms with Gasteiger partial charge in [-0.2, -0.15) is 0 Å². The third kappa shape index (κ3) is 4.83. The molecule has 2 N–H and O–H groups in total. The molecule has 0 saturated heterocycles. The Morgan fingerprint density at radius 1 is 1.08 bits per heavy atom. The van der Waals surface area contributed by atoms with Gasteiger partial charge >= 0.3 is 0 Å². The van der Waals surface area contributed by atoms with Crippen molar-refractivity contribution in [3.8, 4) is 5.75 Å². The maximum absolute atomic E-state index is 12.4. The number of carbonyl (C=O) groups is 1. The average molecular weight is 327 g/mol. The lowest BCUT2D eigenvalue weighted by atomic mass is 9.92. The molecule has 2 aromatic rings. The van der Waals surface area contributed by atoms with E-state index in [9.17, 15) is 9.90 Å². The van der Waals surface area contributed by atoms with Crippen molar-refractivity contribution in [2.45, 2.75) is 31.7 Å². The first-order valence-corrected chi connectivity index (χ1v) is 8.27. The maximum atomic E-state index is 12.4. The number of rotatable bonds is 8. The summed E-state index contributed by atoms with van der Waals surface area (Å²) in [5, 5.41) is 12.5. The number of carbonyl (C=O) groups excluding carboxylic acids is 1. The number of benzene rings is 2. The van der Waals surface area contributed by atoms with Crippen LogP contribution in [0.2, 0.25) is 0 Å². The summed E-state index contributed by atoms with van der Waals surface area (Å²) in [6, 6.07) is 17.0. The van der Waals surface area contributed by atoms with E-state index >= 15 is 0 Å². The SMILES string of the molecule is CCC(CC(=O)NC(CO)c1ccccc1)c1ccc(OC)cc1. The molecule has 0 saturated carbocycles. The number of hydrogen-bond donors (Lipinski definition) is 2. The fraction of sp³-hybridized carbons (Fsp3) is 0.350. The van der Waals surface area contributed by atoms with Gasteiger partial charge in [-0.25, -0.2) is 0 Å². The van der Waals surface area contributed by atoms with Crippen molar-refractivity contribution in [3.05, 3.63) is 65.7 Å². The molecule has 2 rings (SSSR count). The van der Waals surface area contributed by atoms with Gasteiger partial charge in [0.25, 0.3) is 0 Å². The van der Waals surface area contributed by atoms with Crippen LogP contribution in [0.5, 0.6) is 5.75 Å². The Labute approximate surface area is 143 Å². The van der Waals surface area contributed by atoms with Crippen LogP contribution in [0.25, 0.3) is 0 Å². The summed E-state index contributed by atoms with van der Waals surface area (Å²) < 4.78 is 5.17. The molecule has 128 valence electrons. The lowest BCUT2D eigenvalue weighted by molar-refractivity contribution is -0.122. The van der Waals surface area contributed by atoms with E-state index in [2.05, 4.69) is 12.2 Å². The van der Waals surface area contributed by atoms with Crippen molar-refractivity contribution in [1.29, 1.82) is 0 Å². The normalized spacial score (nSPS) is 13.1. The molecule has 2 unspecified atom stereocenters. The number of aliphatic hydroxyl groups excluding tert-OH is 1. The highest BCUT2D eigenvalue weighted by molar-refractivity contribution is 5.77. The van der Waals surface area contributed by atoms with E-state index < -0.39 is 0 Å². The Bertz CT molecular complexity index is 625. The van der Waals surface area contributed by atoms with E-state index in [4.69, 9.17) is 4.74 Å². The van der Waals surface area contributed by atoms with Crippen LogP contribution in [0.15, 0.2) is 54.6 Å². The van der Waals surface area contributed by atoms with Crippen LogP contribution in [0.3, 0.4) is 0 Å². The summed E-state index contributed by atoms with van der Waals surface area (Å²) >= 11 is 0. The molecule has 1 amide bonds. The first kappa shape index (κ1) is 18.0. The molecule has 0 heterocycles. The Morgan fingerprint density at radius 3 is 2.29 bits per heavy atom. The van der Waals surface area contributed by atoms with Gasteiger partial charge in [-0.1, -0.05) is 49.4 Å². The minimum atomic E-state index is -0.368. The first-order valence-electron chi connectivity index (χ1n) is 8.27. The van der Waals surface area contributed by atoms with E-state index in [0.29, 0.717) is 6.42 Å². The summed E-state index contributed by atoms with van der Waals surface area (Å²) in [7, 11) is 1.64. The molecule has 0 spiro atoms. The molecule has 4 heteroatoms. The van der Waals surface area contributed by atoms with Crippen LogP contribution in [0, 0.1) is 0 Å². The van der Waals surface area contributed by atoms with Gasteiger partial charge in [0, 0.05) is 6.42 Å². The zero-order valence-corrected chi connectivity index (χ0v) is 14.2. The molecule has 0 aliphatic heterocycles. The molecule has 2 aromatic carbocycles. The predicted molar refractivity (Wildman–Crippen MR) is 95.1 cm³/mol. The van der Waals surface area contributed by atoms with Crippen molar-refractivity contribution < 1.29 is 14.6 Å². The molecule has 0 aliphatic rings. The van der Waals surface area contributed by atoms with Crippen molar-refractivity contribution in [1.82, 2.24) is 5.32 Å². The van der Waals surface area contributed by atoms with Gasteiger partial charge in [0.15, 0.2) is 0 Å². The Hall–Kier alpha value is -2.33. The lowest BCUT2D eigenvalue weighted by Gasteiger charge is -2.20. The minimum absolute atomic E-state index is 0.0550. The number of hydrogen-bond acceptors (Lipinski definition) is 3. The van der Waals surface area contributed by atoms with Crippen molar-refractivity contribution in [3.63, 3.8) is 0 Å². The average Bonchev–Trinajstić information content (AvgIpc) is 2.65. The fourth-order valence-corrected chi connectivity index (χ4v) is 2.77. The van der Waals surface area contributed by atoms with E-state index in [1.165, 1.54) is 0 Å². The van der Waals surface area contributed by atoms with Crippen LogP contribution >= 0.6 is 0 Å². The number of methoxy groups -OCH3 is 1. The largest absolute Gasteiger partial charge is 0.497 e. The van der Waals surface area contributed by atoms with Crippen LogP contribution in [-0.4, -0.2) is 24.7 Å². The highest BCUT2D eigenvalue weighted by atomic mass is 16.5. The Balaban J connectivity index is 2.00. The van der Waals surface area contributed by atoms with Crippen LogP contribution in [0.1, 0.15) is 42.9 Å². The second-order valence-electron chi connectivity index (χ2n) is 5.80. The Morgan fingerprint density at radius 2 is 1.75 bits per heavy atom. The van der Waals surface area contributed by atoms with Gasteiger partial charge in [0.05, 0.1) is 19.8 Å². The van der Waals surface area contributed by atoms with Gasteiger partial charge in [-0.3, -0.25) is 4.79 Å². The third-order valence-electron chi connectivity index (χ3n) is 4.23. The second-order valence-corrected chi connectivity index (χ2v) is 5.80. The van der Waals surface area contributed by atoms with Gasteiger partial charge in [-0.15, -0.1) is 0 Å². The smallest absolute Gasteiger partial charge is 0.221 e. The van der Waals surface area contributed by atoms with Gasteiger partial charge < -0.3 is 15.2 Å². The highest BCUT2D eigenvalue weighted by Gasteiger charge is 2.18. The van der Waals surface area contributed by atoms with Gasteiger partial charge in [0.2, 0.25) is 5.91 Å². The molecule has 2 atom stereocenters. The first-order chi connectivity index (χ1) is 11.7. The van der Waals surface area contributed by atoms with E-state index in [1.54, 1.807) is 7.11 Å². The highest BCUT2D eigenvalue weighted by Crippen LogP contribution is 2.25. The predicted octanol–water partition coefficient (Wildman–Crippen LogP) is 3.43. The lowest BCUT2D eigenvalue weighted by Crippen LogP contribution is -2.31. The van der Waals surface area contributed by atoms with E-state index in [1.807, 2.05) is 54.6 Å². The standard InChI is InChI=1S/C20H25NO3/c1-3-15(16-9-11-18(24-2)12-10-16)13-20(23)21-19(14-22)17-7-5-4-6-8-17/h4-12,15,19,22H,3,13-14H2,1-2H3,(H,21,23). The number of aliphatic hydroxyl groups is 1. The number of nitrogens with one attached hydrogen (secondary N) is 1. The molecule has 4 nitrogen and oxygen atoms in total. The minimum Gasteiger partial charge on any atom is -0.497 e. The van der Waals surface area contributed by atoms with Crippen LogP contribution in [-0.2, 0) is 4.79 Å². The zero-order valence-electron chi connectivity index (χ0n) is 14.2. The summed E-state index contributed by atoms with van der Waals surface area (Å²) in [5.41, 5.74) is 2.03. The third-order valence-corrected chi connectivity index (χ3v) is 4.23. The molecular weight excluding hydrogens is 302 g/mol. The summed E-state index contributed by atoms with van der Waals surface area (Å²) in [5.74, 6) is 0.897. The summed E-state index contributed by atoms with van der Waals surface area (Å²) in [6.45, 7) is 1.96. The zero-order chi connectivity index (χ0) is 17.4. The molecule has 0 radical (unpaired) electrons. The number of ether oxygens (including phenoxy) is 1. The van der Waals surface area contributed by atoms with Crippen LogP contribution in [0.4, 0.5) is 0 Å². The van der Waals surface area contributed by atoms with E-state index in [0.717, 1.165) is 23.3 Å². The van der Waals surface area contributed by atoms with E-state index in [-0.39, 0.29) is 24.5 Å². The molecule has 24 heavy (non-hydrogen) atoms. The summed E-state index contributed by atoms with van der Waals surface area (Å²) in [6.07, 6.45) is 1.26. The molecular formula is C20H25NO3. The molecule has 0 aliphatic carbocycles. The fourth-order valence-electron chi connectivity index (χ4n) is 2.77. The van der Waals surface area contributed by atoms with Gasteiger partial charge in [0.1, 0.15) is 5.75 Å². The second kappa shape index (κ2) is 9.08. The van der Waals surface area contributed by atoms with Crippen molar-refractivity contribution in [2.75, 3.05) is 13.7 Å². The summed E-state index contributed by atoms with van der Waals surface area (Å²) in [4.78, 5) is 12.4. The maximum Gasteiger partial charge on any atom is 0.221 e. The quantitative estimate of drug-likeness (QED) is 0.781. The molecule has 0 aromatic heterocycles. The van der Waals surface area contributed by atoms with Crippen LogP contribution < -0.4 is 10.1 Å². The topological polar surface area (TPSA) is 58.6 Å².